The molecule has 1 atom stereocenters. The topological polar surface area (TPSA) is 72.6 Å². The fraction of sp³-hybridized carbons (Fsp3) is 0.375. The number of aromatic nitrogens is 1. The first kappa shape index (κ1) is 20.3. The van der Waals surface area contributed by atoms with Gasteiger partial charge in [0.15, 0.2) is 11.5 Å². The Labute approximate surface area is 176 Å². The SMILES string of the molecule is CCc1cccc2c([C@H](CC(=O)NCCCOC)c3ccc4c(c3)OCO4)c[nH]c12. The van der Waals surface area contributed by atoms with Gasteiger partial charge >= 0.3 is 0 Å². The second kappa shape index (κ2) is 9.22. The maximum atomic E-state index is 12.8. The molecule has 1 aliphatic rings. The van der Waals surface area contributed by atoms with E-state index in [-0.39, 0.29) is 18.6 Å². The molecule has 0 radical (unpaired) electrons. The van der Waals surface area contributed by atoms with E-state index in [2.05, 4.69) is 35.4 Å². The predicted molar refractivity (Wildman–Crippen MR) is 116 cm³/mol. The fourth-order valence-corrected chi connectivity index (χ4v) is 4.06. The van der Waals surface area contributed by atoms with Crippen LogP contribution in [0, 0.1) is 0 Å². The van der Waals surface area contributed by atoms with Crippen LogP contribution in [0.3, 0.4) is 0 Å². The number of aryl methyl sites for hydroxylation is 1. The standard InChI is InChI=1S/C24H28N2O4/c1-3-16-6-4-7-18-20(14-26-24(16)18)19(13-23(27)25-10-5-11-28-2)17-8-9-21-22(12-17)30-15-29-21/h4,6-9,12,14,19,26H,3,5,10-11,13,15H2,1-2H3,(H,25,27)/t19-/m1/s1. The number of methoxy groups -OCH3 is 1. The molecule has 0 saturated carbocycles. The van der Waals surface area contributed by atoms with Gasteiger partial charge in [0.1, 0.15) is 0 Å². The maximum absolute atomic E-state index is 12.8. The molecule has 3 aromatic rings. The number of carbonyl (C=O) groups is 1. The summed E-state index contributed by atoms with van der Waals surface area (Å²) in [5.41, 5.74) is 4.56. The molecule has 6 nitrogen and oxygen atoms in total. The molecule has 0 spiro atoms. The van der Waals surface area contributed by atoms with Crippen molar-refractivity contribution in [1.82, 2.24) is 10.3 Å². The lowest BCUT2D eigenvalue weighted by atomic mass is 9.87. The van der Waals surface area contributed by atoms with Crippen molar-refractivity contribution in [3.8, 4) is 11.5 Å². The molecule has 0 unspecified atom stereocenters. The van der Waals surface area contributed by atoms with Crippen LogP contribution in [0.25, 0.3) is 10.9 Å². The molecule has 2 heterocycles. The number of fused-ring (bicyclic) bond motifs is 2. The Bertz CT molecular complexity index is 1030. The highest BCUT2D eigenvalue weighted by Gasteiger charge is 2.24. The summed E-state index contributed by atoms with van der Waals surface area (Å²) < 4.78 is 16.1. The van der Waals surface area contributed by atoms with Crippen molar-refractivity contribution >= 4 is 16.8 Å². The van der Waals surface area contributed by atoms with E-state index in [1.165, 1.54) is 5.56 Å². The number of H-pyrrole nitrogens is 1. The van der Waals surface area contributed by atoms with Crippen LogP contribution in [0.4, 0.5) is 0 Å². The Morgan fingerprint density at radius 2 is 2.10 bits per heavy atom. The first-order valence-corrected chi connectivity index (χ1v) is 10.4. The van der Waals surface area contributed by atoms with E-state index in [0.29, 0.717) is 19.6 Å². The number of carbonyl (C=O) groups excluding carboxylic acids is 1. The van der Waals surface area contributed by atoms with E-state index in [0.717, 1.165) is 46.4 Å². The third kappa shape index (κ3) is 4.14. The van der Waals surface area contributed by atoms with Gasteiger partial charge in [0.2, 0.25) is 12.7 Å². The van der Waals surface area contributed by atoms with Crippen molar-refractivity contribution in [2.75, 3.05) is 27.1 Å². The van der Waals surface area contributed by atoms with Crippen molar-refractivity contribution < 1.29 is 19.0 Å². The molecule has 0 bridgehead atoms. The maximum Gasteiger partial charge on any atom is 0.231 e. The van der Waals surface area contributed by atoms with Gasteiger partial charge in [0.05, 0.1) is 0 Å². The summed E-state index contributed by atoms with van der Waals surface area (Å²) in [4.78, 5) is 16.2. The zero-order valence-corrected chi connectivity index (χ0v) is 17.5. The van der Waals surface area contributed by atoms with Gasteiger partial charge in [-0.2, -0.15) is 0 Å². The number of hydrogen-bond donors (Lipinski definition) is 2. The Hall–Kier alpha value is -2.99. The summed E-state index contributed by atoms with van der Waals surface area (Å²) in [6, 6.07) is 12.3. The van der Waals surface area contributed by atoms with Gasteiger partial charge < -0.3 is 24.5 Å². The van der Waals surface area contributed by atoms with E-state index in [9.17, 15) is 4.79 Å². The molecule has 2 N–H and O–H groups in total. The van der Waals surface area contributed by atoms with Crippen LogP contribution in [-0.2, 0) is 16.0 Å². The van der Waals surface area contributed by atoms with Crippen LogP contribution >= 0.6 is 0 Å². The summed E-state index contributed by atoms with van der Waals surface area (Å²) >= 11 is 0. The van der Waals surface area contributed by atoms with Crippen LogP contribution in [0.1, 0.15) is 42.4 Å². The van der Waals surface area contributed by atoms with Gasteiger partial charge in [0, 0.05) is 49.7 Å². The number of benzene rings is 2. The van der Waals surface area contributed by atoms with Crippen molar-refractivity contribution in [2.24, 2.45) is 0 Å². The van der Waals surface area contributed by atoms with E-state index in [1.807, 2.05) is 24.4 Å². The number of hydrogen-bond acceptors (Lipinski definition) is 4. The number of aromatic amines is 1. The molecule has 2 aromatic carbocycles. The van der Waals surface area contributed by atoms with Crippen LogP contribution in [-0.4, -0.2) is 37.9 Å². The normalized spacial score (nSPS) is 13.5. The Morgan fingerprint density at radius 1 is 1.23 bits per heavy atom. The zero-order chi connectivity index (χ0) is 20.9. The highest BCUT2D eigenvalue weighted by atomic mass is 16.7. The molecular formula is C24H28N2O4. The van der Waals surface area contributed by atoms with Crippen molar-refractivity contribution in [2.45, 2.75) is 32.1 Å². The third-order valence-corrected chi connectivity index (χ3v) is 5.63. The van der Waals surface area contributed by atoms with E-state index in [1.54, 1.807) is 7.11 Å². The zero-order valence-electron chi connectivity index (χ0n) is 17.5. The summed E-state index contributed by atoms with van der Waals surface area (Å²) in [6.45, 7) is 3.62. The number of ether oxygens (including phenoxy) is 3. The minimum Gasteiger partial charge on any atom is -0.454 e. The quantitative estimate of drug-likeness (QED) is 0.522. The van der Waals surface area contributed by atoms with Gasteiger partial charge in [-0.25, -0.2) is 0 Å². The highest BCUT2D eigenvalue weighted by Crippen LogP contribution is 2.39. The smallest absolute Gasteiger partial charge is 0.231 e. The van der Waals surface area contributed by atoms with Crippen molar-refractivity contribution in [1.29, 1.82) is 0 Å². The first-order chi connectivity index (χ1) is 14.7. The van der Waals surface area contributed by atoms with Gasteiger partial charge in [-0.1, -0.05) is 31.2 Å². The molecule has 1 aliphatic heterocycles. The lowest BCUT2D eigenvalue weighted by Crippen LogP contribution is -2.27. The van der Waals surface area contributed by atoms with Crippen molar-refractivity contribution in [3.63, 3.8) is 0 Å². The van der Waals surface area contributed by atoms with Gasteiger partial charge in [-0.15, -0.1) is 0 Å². The minimum atomic E-state index is -0.0946. The third-order valence-electron chi connectivity index (χ3n) is 5.63. The van der Waals surface area contributed by atoms with Crippen LogP contribution in [0.15, 0.2) is 42.6 Å². The number of amides is 1. The number of nitrogens with one attached hydrogen (secondary N) is 2. The first-order valence-electron chi connectivity index (χ1n) is 10.4. The number of para-hydroxylation sites is 1. The van der Waals surface area contributed by atoms with E-state index >= 15 is 0 Å². The molecule has 6 heteroatoms. The van der Waals surface area contributed by atoms with Crippen LogP contribution in [0.5, 0.6) is 11.5 Å². The number of rotatable bonds is 9. The Kier molecular flexibility index (Phi) is 6.23. The monoisotopic (exact) mass is 408 g/mol. The fourth-order valence-electron chi connectivity index (χ4n) is 4.06. The average Bonchev–Trinajstić information content (AvgIpc) is 3.41. The molecule has 0 saturated heterocycles. The van der Waals surface area contributed by atoms with Gasteiger partial charge in [-0.05, 0) is 41.7 Å². The summed E-state index contributed by atoms with van der Waals surface area (Å²) in [6.07, 6.45) is 4.14. The second-order valence-electron chi connectivity index (χ2n) is 7.50. The average molecular weight is 408 g/mol. The van der Waals surface area contributed by atoms with Crippen molar-refractivity contribution in [3.05, 3.63) is 59.3 Å². The van der Waals surface area contributed by atoms with Gasteiger partial charge in [-0.3, -0.25) is 4.79 Å². The lowest BCUT2D eigenvalue weighted by Gasteiger charge is -2.18. The highest BCUT2D eigenvalue weighted by molar-refractivity contribution is 5.88. The van der Waals surface area contributed by atoms with E-state index < -0.39 is 0 Å². The second-order valence-corrected chi connectivity index (χ2v) is 7.50. The molecule has 30 heavy (non-hydrogen) atoms. The molecule has 0 fully saturated rings. The molecule has 158 valence electrons. The summed E-state index contributed by atoms with van der Waals surface area (Å²) in [7, 11) is 1.67. The summed E-state index contributed by atoms with van der Waals surface area (Å²) in [5.74, 6) is 1.40. The van der Waals surface area contributed by atoms with Crippen LogP contribution < -0.4 is 14.8 Å². The minimum absolute atomic E-state index is 0.0229. The molecule has 0 aliphatic carbocycles. The molecule has 1 amide bonds. The predicted octanol–water partition coefficient (Wildman–Crippen LogP) is 4.13. The van der Waals surface area contributed by atoms with E-state index in [4.69, 9.17) is 14.2 Å². The lowest BCUT2D eigenvalue weighted by molar-refractivity contribution is -0.121. The largest absolute Gasteiger partial charge is 0.454 e. The molecule has 1 aromatic heterocycles. The molecule has 4 rings (SSSR count). The van der Waals surface area contributed by atoms with Crippen LogP contribution in [0.2, 0.25) is 0 Å². The molecular weight excluding hydrogens is 380 g/mol. The van der Waals surface area contributed by atoms with Gasteiger partial charge in [0.25, 0.3) is 0 Å². The summed E-state index contributed by atoms with van der Waals surface area (Å²) in [5, 5.41) is 4.17. The Balaban J connectivity index is 1.66. The Morgan fingerprint density at radius 3 is 2.93 bits per heavy atom.